The minimum absolute atomic E-state index is 0.220. The van der Waals surface area contributed by atoms with Crippen molar-refractivity contribution in [3.63, 3.8) is 0 Å². The molecule has 6 nitrogen and oxygen atoms in total. The average Bonchev–Trinajstić information content (AvgIpc) is 2.65. The SMILES string of the molecule is COc1cc(C=Cc2nc(=O)c3ccccc3o2)cc(OC)c1OC. The number of benzene rings is 2. The summed E-state index contributed by atoms with van der Waals surface area (Å²) in [7, 11) is 4.65. The van der Waals surface area contributed by atoms with Crippen molar-refractivity contribution in [2.75, 3.05) is 21.3 Å². The molecule has 3 aromatic rings. The normalized spacial score (nSPS) is 11.0. The fraction of sp³-hybridized carbons (Fsp3) is 0.158. The zero-order valence-electron chi connectivity index (χ0n) is 14.1. The lowest BCUT2D eigenvalue weighted by Crippen LogP contribution is -2.06. The minimum atomic E-state index is -0.327. The van der Waals surface area contributed by atoms with Crippen molar-refractivity contribution in [1.82, 2.24) is 4.98 Å². The topological polar surface area (TPSA) is 70.8 Å². The van der Waals surface area contributed by atoms with Crippen LogP contribution in [0.5, 0.6) is 17.2 Å². The summed E-state index contributed by atoms with van der Waals surface area (Å²) in [6.45, 7) is 0. The van der Waals surface area contributed by atoms with Crippen molar-refractivity contribution in [2.45, 2.75) is 0 Å². The van der Waals surface area contributed by atoms with Gasteiger partial charge in [-0.15, -0.1) is 0 Å². The molecule has 0 fully saturated rings. The lowest BCUT2D eigenvalue weighted by Gasteiger charge is -2.12. The molecule has 0 unspecified atom stereocenters. The molecule has 0 aliphatic rings. The average molecular weight is 339 g/mol. The quantitative estimate of drug-likeness (QED) is 0.710. The Bertz CT molecular complexity index is 966. The van der Waals surface area contributed by atoms with E-state index in [4.69, 9.17) is 18.6 Å². The van der Waals surface area contributed by atoms with Crippen molar-refractivity contribution in [3.8, 4) is 17.2 Å². The fourth-order valence-electron chi connectivity index (χ4n) is 2.46. The van der Waals surface area contributed by atoms with Gasteiger partial charge in [-0.25, -0.2) is 0 Å². The molecular formula is C19H17NO5. The van der Waals surface area contributed by atoms with Crippen molar-refractivity contribution < 1.29 is 18.6 Å². The molecule has 3 rings (SSSR count). The van der Waals surface area contributed by atoms with Crippen LogP contribution in [0.25, 0.3) is 23.1 Å². The van der Waals surface area contributed by atoms with Crippen molar-refractivity contribution >= 4 is 23.1 Å². The summed E-state index contributed by atoms with van der Waals surface area (Å²) in [5.74, 6) is 1.80. The maximum Gasteiger partial charge on any atom is 0.284 e. The van der Waals surface area contributed by atoms with Gasteiger partial charge in [-0.1, -0.05) is 12.1 Å². The van der Waals surface area contributed by atoms with Crippen LogP contribution in [0.1, 0.15) is 11.5 Å². The Hall–Kier alpha value is -3.28. The lowest BCUT2D eigenvalue weighted by atomic mass is 10.1. The van der Waals surface area contributed by atoms with Gasteiger partial charge in [0.05, 0.1) is 26.7 Å². The van der Waals surface area contributed by atoms with E-state index >= 15 is 0 Å². The Morgan fingerprint density at radius 1 is 0.960 bits per heavy atom. The molecule has 0 N–H and O–H groups in total. The Balaban J connectivity index is 2.01. The zero-order chi connectivity index (χ0) is 17.8. The highest BCUT2D eigenvalue weighted by Crippen LogP contribution is 2.38. The van der Waals surface area contributed by atoms with Gasteiger partial charge in [-0.05, 0) is 35.9 Å². The van der Waals surface area contributed by atoms with E-state index in [9.17, 15) is 4.79 Å². The number of para-hydroxylation sites is 1. The first-order chi connectivity index (χ1) is 12.2. The molecule has 1 heterocycles. The standard InChI is InChI=1S/C19H17NO5/c1-22-15-10-12(11-16(23-2)18(15)24-3)8-9-17-20-19(21)13-6-4-5-7-14(13)25-17/h4-11H,1-3H3. The Morgan fingerprint density at radius 2 is 1.64 bits per heavy atom. The highest BCUT2D eigenvalue weighted by Gasteiger charge is 2.12. The molecule has 0 atom stereocenters. The molecule has 0 amide bonds. The number of fused-ring (bicyclic) bond motifs is 1. The Kier molecular flexibility index (Phi) is 4.70. The van der Waals surface area contributed by atoms with Gasteiger partial charge in [-0.3, -0.25) is 4.79 Å². The van der Waals surface area contributed by atoms with Crippen LogP contribution in [0.15, 0.2) is 45.6 Å². The molecule has 0 radical (unpaired) electrons. The van der Waals surface area contributed by atoms with Gasteiger partial charge in [0.2, 0.25) is 11.6 Å². The van der Waals surface area contributed by atoms with E-state index in [1.165, 1.54) is 0 Å². The summed E-state index contributed by atoms with van der Waals surface area (Å²) in [4.78, 5) is 16.0. The number of rotatable bonds is 5. The molecule has 25 heavy (non-hydrogen) atoms. The monoisotopic (exact) mass is 339 g/mol. The summed E-state index contributed by atoms with van der Waals surface area (Å²) < 4.78 is 21.6. The molecule has 0 aliphatic heterocycles. The van der Waals surface area contributed by atoms with Crippen LogP contribution >= 0.6 is 0 Å². The number of aromatic nitrogens is 1. The predicted molar refractivity (Wildman–Crippen MR) is 95.3 cm³/mol. The third kappa shape index (κ3) is 3.33. The lowest BCUT2D eigenvalue weighted by molar-refractivity contribution is 0.324. The first-order valence-corrected chi connectivity index (χ1v) is 7.54. The number of ether oxygens (including phenoxy) is 3. The summed E-state index contributed by atoms with van der Waals surface area (Å²) in [5.41, 5.74) is 0.950. The Labute approximate surface area is 144 Å². The van der Waals surface area contributed by atoms with E-state index in [1.807, 2.05) is 0 Å². The number of hydrogen-bond acceptors (Lipinski definition) is 6. The second-order valence-corrected chi connectivity index (χ2v) is 5.15. The minimum Gasteiger partial charge on any atom is -0.493 e. The maximum atomic E-state index is 12.0. The molecular weight excluding hydrogens is 322 g/mol. The second-order valence-electron chi connectivity index (χ2n) is 5.15. The predicted octanol–water partition coefficient (Wildman–Crippen LogP) is 3.38. The van der Waals surface area contributed by atoms with Crippen molar-refractivity contribution in [3.05, 3.63) is 58.2 Å². The van der Waals surface area contributed by atoms with Gasteiger partial charge in [-0.2, -0.15) is 4.98 Å². The Morgan fingerprint density at radius 3 is 2.28 bits per heavy atom. The summed E-state index contributed by atoms with van der Waals surface area (Å²) >= 11 is 0. The number of nitrogens with zero attached hydrogens (tertiary/aromatic N) is 1. The van der Waals surface area contributed by atoms with E-state index in [-0.39, 0.29) is 11.4 Å². The summed E-state index contributed by atoms with van der Waals surface area (Å²) in [5, 5.41) is 0.451. The van der Waals surface area contributed by atoms with Crippen LogP contribution in [0.2, 0.25) is 0 Å². The van der Waals surface area contributed by atoms with E-state index < -0.39 is 0 Å². The van der Waals surface area contributed by atoms with Crippen LogP contribution in [0.3, 0.4) is 0 Å². The molecule has 2 aromatic carbocycles. The third-order valence-corrected chi connectivity index (χ3v) is 3.65. The molecule has 0 spiro atoms. The van der Waals surface area contributed by atoms with Crippen molar-refractivity contribution in [2.24, 2.45) is 0 Å². The zero-order valence-corrected chi connectivity index (χ0v) is 14.1. The largest absolute Gasteiger partial charge is 0.493 e. The maximum absolute atomic E-state index is 12.0. The highest BCUT2D eigenvalue weighted by atomic mass is 16.5. The first-order valence-electron chi connectivity index (χ1n) is 7.54. The first kappa shape index (κ1) is 16.6. The van der Waals surface area contributed by atoms with Gasteiger partial charge in [0.15, 0.2) is 11.5 Å². The third-order valence-electron chi connectivity index (χ3n) is 3.65. The second kappa shape index (κ2) is 7.09. The highest BCUT2D eigenvalue weighted by molar-refractivity contribution is 5.77. The van der Waals surface area contributed by atoms with Crippen LogP contribution in [0, 0.1) is 0 Å². The molecule has 0 bridgehead atoms. The van der Waals surface area contributed by atoms with E-state index in [0.717, 1.165) is 5.56 Å². The number of methoxy groups -OCH3 is 3. The van der Waals surface area contributed by atoms with Gasteiger partial charge < -0.3 is 18.6 Å². The molecule has 6 heteroatoms. The molecule has 0 saturated heterocycles. The van der Waals surface area contributed by atoms with Gasteiger partial charge >= 0.3 is 0 Å². The van der Waals surface area contributed by atoms with Gasteiger partial charge in [0.25, 0.3) is 5.56 Å². The van der Waals surface area contributed by atoms with E-state index in [1.54, 1.807) is 69.9 Å². The van der Waals surface area contributed by atoms with Crippen LogP contribution in [0.4, 0.5) is 0 Å². The van der Waals surface area contributed by atoms with E-state index in [2.05, 4.69) is 4.98 Å². The molecule has 128 valence electrons. The smallest absolute Gasteiger partial charge is 0.284 e. The van der Waals surface area contributed by atoms with Crippen LogP contribution in [-0.4, -0.2) is 26.3 Å². The van der Waals surface area contributed by atoms with Gasteiger partial charge in [0.1, 0.15) is 5.58 Å². The van der Waals surface area contributed by atoms with Crippen LogP contribution < -0.4 is 19.8 Å². The molecule has 1 aromatic heterocycles. The van der Waals surface area contributed by atoms with Crippen LogP contribution in [-0.2, 0) is 0 Å². The van der Waals surface area contributed by atoms with Crippen molar-refractivity contribution in [1.29, 1.82) is 0 Å². The molecule has 0 aliphatic carbocycles. The number of hydrogen-bond donors (Lipinski definition) is 0. The molecule has 0 saturated carbocycles. The van der Waals surface area contributed by atoms with Gasteiger partial charge in [0, 0.05) is 6.08 Å². The van der Waals surface area contributed by atoms with E-state index in [0.29, 0.717) is 28.2 Å². The summed E-state index contributed by atoms with van der Waals surface area (Å²) in [6, 6.07) is 10.6. The summed E-state index contributed by atoms with van der Waals surface area (Å²) in [6.07, 6.45) is 3.37. The fourth-order valence-corrected chi connectivity index (χ4v) is 2.46.